The molecule has 5 nitrogen and oxygen atoms in total. The Morgan fingerprint density at radius 3 is 2.90 bits per heavy atom. The number of nitrogen functional groups attached to an aromatic ring is 1. The van der Waals surface area contributed by atoms with Crippen LogP contribution in [0.15, 0.2) is 36.9 Å². The second-order valence-electron chi connectivity index (χ2n) is 5.80. The Morgan fingerprint density at radius 1 is 1.24 bits per heavy atom. The van der Waals surface area contributed by atoms with E-state index >= 15 is 0 Å². The molecule has 0 spiro atoms. The van der Waals surface area contributed by atoms with E-state index in [2.05, 4.69) is 20.2 Å². The summed E-state index contributed by atoms with van der Waals surface area (Å²) in [7, 11) is 0. The predicted octanol–water partition coefficient (Wildman–Crippen LogP) is 2.78. The maximum atomic E-state index is 5.88. The molecule has 2 aromatic heterocycles. The van der Waals surface area contributed by atoms with Crippen LogP contribution in [0, 0.1) is 0 Å². The number of nitrogens with zero attached hydrogens (tertiary/aromatic N) is 4. The first-order valence-corrected chi connectivity index (χ1v) is 7.52. The molecule has 1 aliphatic carbocycles. The number of fused-ring (bicyclic) bond motifs is 1. The monoisotopic (exact) mass is 281 g/mol. The first kappa shape index (κ1) is 12.4. The van der Waals surface area contributed by atoms with Gasteiger partial charge in [0.15, 0.2) is 0 Å². The number of anilines is 1. The molecule has 0 bridgehead atoms. The van der Waals surface area contributed by atoms with Crippen LogP contribution < -0.4 is 5.73 Å². The van der Waals surface area contributed by atoms with Crippen molar-refractivity contribution in [3.63, 3.8) is 0 Å². The van der Waals surface area contributed by atoms with E-state index in [-0.39, 0.29) is 0 Å². The summed E-state index contributed by atoms with van der Waals surface area (Å²) in [5.41, 5.74) is 8.90. The molecule has 0 aliphatic heterocycles. The molecular weight excluding hydrogens is 262 g/mol. The van der Waals surface area contributed by atoms with Crippen molar-refractivity contribution in [1.29, 1.82) is 0 Å². The Kier molecular flexibility index (Phi) is 2.91. The molecule has 1 aliphatic rings. The zero-order valence-corrected chi connectivity index (χ0v) is 11.9. The first-order chi connectivity index (χ1) is 10.3. The highest BCUT2D eigenvalue weighted by molar-refractivity contribution is 5.79. The van der Waals surface area contributed by atoms with Crippen molar-refractivity contribution in [2.75, 3.05) is 5.73 Å². The number of hydrogen-bond donors (Lipinski definition) is 1. The van der Waals surface area contributed by atoms with Gasteiger partial charge in [-0.3, -0.25) is 0 Å². The molecule has 108 valence electrons. The molecular formula is C16H19N5. The van der Waals surface area contributed by atoms with Gasteiger partial charge in [-0.1, -0.05) is 0 Å². The molecule has 21 heavy (non-hydrogen) atoms. The van der Waals surface area contributed by atoms with E-state index < -0.39 is 0 Å². The second kappa shape index (κ2) is 4.91. The van der Waals surface area contributed by atoms with Gasteiger partial charge in [0.2, 0.25) is 0 Å². The Labute approximate surface area is 123 Å². The van der Waals surface area contributed by atoms with Crippen molar-refractivity contribution in [2.24, 2.45) is 0 Å². The van der Waals surface area contributed by atoms with Crippen LogP contribution in [0.5, 0.6) is 0 Å². The number of aromatic nitrogens is 4. The molecule has 0 amide bonds. The van der Waals surface area contributed by atoms with E-state index in [0.717, 1.165) is 30.7 Å². The van der Waals surface area contributed by atoms with E-state index in [1.807, 2.05) is 30.9 Å². The highest BCUT2D eigenvalue weighted by Crippen LogP contribution is 2.40. The Morgan fingerprint density at radius 2 is 2.14 bits per heavy atom. The standard InChI is InChI=1S/C16H19N5/c17-13-4-5-15-14(10-13)19-16(12-2-3-12)21(15)8-1-7-20-9-6-18-11-20/h4-6,9-12H,1-3,7-8,17H2. The lowest BCUT2D eigenvalue weighted by atomic mass is 10.2. The fourth-order valence-corrected chi connectivity index (χ4v) is 2.88. The van der Waals surface area contributed by atoms with Crippen molar-refractivity contribution in [2.45, 2.75) is 38.3 Å². The van der Waals surface area contributed by atoms with Gasteiger partial charge in [0, 0.05) is 37.1 Å². The predicted molar refractivity (Wildman–Crippen MR) is 83.0 cm³/mol. The zero-order valence-electron chi connectivity index (χ0n) is 11.9. The SMILES string of the molecule is Nc1ccc2c(c1)nc(C1CC1)n2CCCn1ccnc1. The van der Waals surface area contributed by atoms with Crippen LogP contribution in [0.4, 0.5) is 5.69 Å². The number of rotatable bonds is 5. The van der Waals surface area contributed by atoms with E-state index in [4.69, 9.17) is 10.7 Å². The van der Waals surface area contributed by atoms with Gasteiger partial charge in [0.1, 0.15) is 5.82 Å². The third kappa shape index (κ3) is 2.39. The summed E-state index contributed by atoms with van der Waals surface area (Å²) in [5.74, 6) is 1.88. The molecule has 1 saturated carbocycles. The van der Waals surface area contributed by atoms with Crippen LogP contribution in [-0.4, -0.2) is 19.1 Å². The third-order valence-electron chi connectivity index (χ3n) is 4.10. The summed E-state index contributed by atoms with van der Waals surface area (Å²) in [6, 6.07) is 6.04. The molecule has 0 radical (unpaired) electrons. The summed E-state index contributed by atoms with van der Waals surface area (Å²) < 4.78 is 4.50. The number of hydrogen-bond acceptors (Lipinski definition) is 3. The highest BCUT2D eigenvalue weighted by atomic mass is 15.1. The van der Waals surface area contributed by atoms with E-state index in [9.17, 15) is 0 Å². The van der Waals surface area contributed by atoms with Gasteiger partial charge in [0.25, 0.3) is 0 Å². The molecule has 1 aromatic carbocycles. The minimum atomic E-state index is 0.645. The Balaban J connectivity index is 1.61. The molecule has 2 N–H and O–H groups in total. The van der Waals surface area contributed by atoms with Crippen LogP contribution in [0.2, 0.25) is 0 Å². The van der Waals surface area contributed by atoms with Gasteiger partial charge >= 0.3 is 0 Å². The smallest absolute Gasteiger partial charge is 0.112 e. The number of imidazole rings is 2. The molecule has 0 saturated heterocycles. The summed E-state index contributed by atoms with van der Waals surface area (Å²) in [4.78, 5) is 8.90. The van der Waals surface area contributed by atoms with Crippen LogP contribution in [0.3, 0.4) is 0 Å². The van der Waals surface area contributed by atoms with Gasteiger partial charge in [-0.2, -0.15) is 0 Å². The number of nitrogens with two attached hydrogens (primary N) is 1. The van der Waals surface area contributed by atoms with Crippen LogP contribution >= 0.6 is 0 Å². The lowest BCUT2D eigenvalue weighted by molar-refractivity contribution is 0.557. The topological polar surface area (TPSA) is 61.7 Å². The summed E-state index contributed by atoms with van der Waals surface area (Å²) in [5, 5.41) is 0. The van der Waals surface area contributed by atoms with Gasteiger partial charge in [0.05, 0.1) is 17.4 Å². The van der Waals surface area contributed by atoms with E-state index in [1.54, 1.807) is 0 Å². The lowest BCUT2D eigenvalue weighted by Gasteiger charge is -2.09. The minimum Gasteiger partial charge on any atom is -0.399 e. The first-order valence-electron chi connectivity index (χ1n) is 7.52. The normalized spacial score (nSPS) is 14.9. The van der Waals surface area contributed by atoms with Crippen molar-refractivity contribution in [1.82, 2.24) is 19.1 Å². The van der Waals surface area contributed by atoms with Crippen molar-refractivity contribution >= 4 is 16.7 Å². The molecule has 2 heterocycles. The summed E-state index contributed by atoms with van der Waals surface area (Å²) in [6.07, 6.45) is 9.31. The molecule has 5 heteroatoms. The largest absolute Gasteiger partial charge is 0.399 e. The van der Waals surface area contributed by atoms with E-state index in [0.29, 0.717) is 5.92 Å². The molecule has 0 atom stereocenters. The number of aryl methyl sites for hydroxylation is 2. The van der Waals surface area contributed by atoms with E-state index in [1.165, 1.54) is 24.2 Å². The van der Waals surface area contributed by atoms with Gasteiger partial charge < -0.3 is 14.9 Å². The van der Waals surface area contributed by atoms with Gasteiger partial charge in [-0.15, -0.1) is 0 Å². The summed E-state index contributed by atoms with van der Waals surface area (Å²) in [6.45, 7) is 1.98. The molecule has 1 fully saturated rings. The average molecular weight is 281 g/mol. The molecule has 4 rings (SSSR count). The van der Waals surface area contributed by atoms with Gasteiger partial charge in [-0.05, 0) is 37.5 Å². The molecule has 0 unspecified atom stereocenters. The quantitative estimate of drug-likeness (QED) is 0.731. The fraction of sp³-hybridized carbons (Fsp3) is 0.375. The van der Waals surface area contributed by atoms with Crippen LogP contribution in [0.25, 0.3) is 11.0 Å². The minimum absolute atomic E-state index is 0.645. The lowest BCUT2D eigenvalue weighted by Crippen LogP contribution is -2.06. The number of benzene rings is 1. The maximum Gasteiger partial charge on any atom is 0.112 e. The van der Waals surface area contributed by atoms with Crippen LogP contribution in [0.1, 0.15) is 31.0 Å². The van der Waals surface area contributed by atoms with Crippen molar-refractivity contribution in [3.05, 3.63) is 42.7 Å². The Hall–Kier alpha value is -2.30. The third-order valence-corrected chi connectivity index (χ3v) is 4.10. The molecule has 3 aromatic rings. The summed E-state index contributed by atoms with van der Waals surface area (Å²) >= 11 is 0. The zero-order chi connectivity index (χ0) is 14.2. The fourth-order valence-electron chi connectivity index (χ4n) is 2.88. The van der Waals surface area contributed by atoms with Crippen molar-refractivity contribution < 1.29 is 0 Å². The highest BCUT2D eigenvalue weighted by Gasteiger charge is 2.29. The van der Waals surface area contributed by atoms with Crippen molar-refractivity contribution in [3.8, 4) is 0 Å². The maximum absolute atomic E-state index is 5.88. The average Bonchev–Trinajstić information content (AvgIpc) is 3.07. The Bertz CT molecular complexity index is 752. The second-order valence-corrected chi connectivity index (χ2v) is 5.80. The van der Waals surface area contributed by atoms with Gasteiger partial charge in [-0.25, -0.2) is 9.97 Å². The van der Waals surface area contributed by atoms with Crippen LogP contribution in [-0.2, 0) is 13.1 Å².